The number of aromatic nitrogens is 5. The molecule has 0 saturated heterocycles. The zero-order valence-corrected chi connectivity index (χ0v) is 14.0. The lowest BCUT2D eigenvalue weighted by Gasteiger charge is -2.17. The first kappa shape index (κ1) is 16.1. The van der Waals surface area contributed by atoms with Crippen LogP contribution in [0.1, 0.15) is 21.9 Å². The summed E-state index contributed by atoms with van der Waals surface area (Å²) in [6, 6.07) is 3.63. The van der Waals surface area contributed by atoms with Gasteiger partial charge < -0.3 is 18.6 Å². The summed E-state index contributed by atoms with van der Waals surface area (Å²) in [5.41, 5.74) is 2.34. The van der Waals surface area contributed by atoms with Crippen LogP contribution in [-0.4, -0.2) is 55.7 Å². The van der Waals surface area contributed by atoms with E-state index in [1.54, 1.807) is 37.6 Å². The van der Waals surface area contributed by atoms with E-state index < -0.39 is 0 Å². The second-order valence-corrected chi connectivity index (χ2v) is 5.66. The van der Waals surface area contributed by atoms with Gasteiger partial charge in [0.1, 0.15) is 12.0 Å². The molecular formula is C16H20N6O2. The van der Waals surface area contributed by atoms with Gasteiger partial charge in [0.05, 0.1) is 24.4 Å². The van der Waals surface area contributed by atoms with E-state index >= 15 is 0 Å². The Morgan fingerprint density at radius 1 is 1.33 bits per heavy atom. The highest BCUT2D eigenvalue weighted by molar-refractivity contribution is 5.94. The number of hydrogen-bond acceptors (Lipinski definition) is 5. The van der Waals surface area contributed by atoms with Gasteiger partial charge in [0.2, 0.25) is 0 Å². The van der Waals surface area contributed by atoms with Crippen LogP contribution >= 0.6 is 0 Å². The summed E-state index contributed by atoms with van der Waals surface area (Å²) < 4.78 is 8.81. The standard InChI is InChI=1S/C16H20N6O2/c1-12-8-22-9-13(4-5-14(22)18-12)16(23)20(2)10-15-19-17-11-21(15)6-7-24-3/h4-5,8-9,11H,6-7,10H2,1-3H3. The van der Waals surface area contributed by atoms with Crippen LogP contribution < -0.4 is 0 Å². The van der Waals surface area contributed by atoms with Gasteiger partial charge in [-0.05, 0) is 19.1 Å². The van der Waals surface area contributed by atoms with E-state index in [1.165, 1.54) is 0 Å². The lowest BCUT2D eigenvalue weighted by atomic mass is 10.2. The van der Waals surface area contributed by atoms with Gasteiger partial charge in [0.25, 0.3) is 5.91 Å². The maximum atomic E-state index is 12.7. The first-order valence-electron chi connectivity index (χ1n) is 7.65. The van der Waals surface area contributed by atoms with E-state index in [-0.39, 0.29) is 5.91 Å². The smallest absolute Gasteiger partial charge is 0.255 e. The Balaban J connectivity index is 1.75. The molecule has 0 unspecified atom stereocenters. The molecule has 0 saturated carbocycles. The third-order valence-electron chi connectivity index (χ3n) is 3.78. The molecule has 0 spiro atoms. The number of aryl methyl sites for hydroxylation is 1. The topological polar surface area (TPSA) is 77.5 Å². The van der Waals surface area contributed by atoms with Crippen molar-refractivity contribution in [2.75, 3.05) is 20.8 Å². The Bertz CT molecular complexity index is 853. The van der Waals surface area contributed by atoms with E-state index in [0.29, 0.717) is 25.3 Å². The quantitative estimate of drug-likeness (QED) is 0.678. The molecule has 3 aromatic rings. The molecule has 0 N–H and O–H groups in total. The fourth-order valence-electron chi connectivity index (χ4n) is 2.53. The van der Waals surface area contributed by atoms with Gasteiger partial charge in [-0.3, -0.25) is 4.79 Å². The maximum Gasteiger partial charge on any atom is 0.255 e. The van der Waals surface area contributed by atoms with Crippen LogP contribution in [0.2, 0.25) is 0 Å². The Hall–Kier alpha value is -2.74. The first-order valence-corrected chi connectivity index (χ1v) is 7.65. The van der Waals surface area contributed by atoms with Crippen molar-refractivity contribution >= 4 is 11.6 Å². The van der Waals surface area contributed by atoms with Gasteiger partial charge in [-0.25, -0.2) is 4.98 Å². The van der Waals surface area contributed by atoms with E-state index in [0.717, 1.165) is 17.2 Å². The molecule has 3 heterocycles. The summed E-state index contributed by atoms with van der Waals surface area (Å²) >= 11 is 0. The van der Waals surface area contributed by atoms with Crippen molar-refractivity contribution in [3.8, 4) is 0 Å². The molecule has 0 aliphatic carbocycles. The highest BCUT2D eigenvalue weighted by atomic mass is 16.5. The normalized spacial score (nSPS) is 11.1. The molecule has 24 heavy (non-hydrogen) atoms. The van der Waals surface area contributed by atoms with Gasteiger partial charge in [0, 0.05) is 33.1 Å². The fraction of sp³-hybridized carbons (Fsp3) is 0.375. The summed E-state index contributed by atoms with van der Waals surface area (Å²) in [6.45, 7) is 3.53. The van der Waals surface area contributed by atoms with Gasteiger partial charge >= 0.3 is 0 Å². The Morgan fingerprint density at radius 2 is 2.17 bits per heavy atom. The Kier molecular flexibility index (Phi) is 4.57. The summed E-state index contributed by atoms with van der Waals surface area (Å²) in [5.74, 6) is 0.645. The monoisotopic (exact) mass is 328 g/mol. The number of methoxy groups -OCH3 is 1. The maximum absolute atomic E-state index is 12.7. The second kappa shape index (κ2) is 6.79. The van der Waals surface area contributed by atoms with E-state index in [4.69, 9.17) is 4.74 Å². The summed E-state index contributed by atoms with van der Waals surface area (Å²) in [5, 5.41) is 8.00. The average Bonchev–Trinajstić information content (AvgIpc) is 3.16. The first-order chi connectivity index (χ1) is 11.6. The van der Waals surface area contributed by atoms with Crippen molar-refractivity contribution in [3.05, 3.63) is 47.9 Å². The van der Waals surface area contributed by atoms with Crippen LogP contribution in [0.5, 0.6) is 0 Å². The number of hydrogen-bond donors (Lipinski definition) is 0. The average molecular weight is 328 g/mol. The van der Waals surface area contributed by atoms with Crippen LogP contribution in [0.3, 0.4) is 0 Å². The van der Waals surface area contributed by atoms with Gasteiger partial charge in [0.15, 0.2) is 5.82 Å². The van der Waals surface area contributed by atoms with Crippen molar-refractivity contribution in [1.29, 1.82) is 0 Å². The van der Waals surface area contributed by atoms with Crippen molar-refractivity contribution < 1.29 is 9.53 Å². The molecule has 0 radical (unpaired) electrons. The number of amides is 1. The number of rotatable bonds is 6. The minimum Gasteiger partial charge on any atom is -0.383 e. The molecule has 0 aromatic carbocycles. The molecule has 0 fully saturated rings. The molecule has 8 heteroatoms. The van der Waals surface area contributed by atoms with Crippen LogP contribution in [0.4, 0.5) is 0 Å². The third kappa shape index (κ3) is 3.28. The number of pyridine rings is 1. The molecule has 8 nitrogen and oxygen atoms in total. The Morgan fingerprint density at radius 3 is 2.96 bits per heavy atom. The van der Waals surface area contributed by atoms with Crippen LogP contribution in [0, 0.1) is 6.92 Å². The van der Waals surface area contributed by atoms with Crippen LogP contribution in [-0.2, 0) is 17.8 Å². The van der Waals surface area contributed by atoms with E-state index in [2.05, 4.69) is 15.2 Å². The SMILES string of the molecule is COCCn1cnnc1CN(C)C(=O)c1ccc2nc(C)cn2c1. The molecule has 0 atom stereocenters. The molecule has 0 bridgehead atoms. The zero-order chi connectivity index (χ0) is 17.1. The minimum absolute atomic E-state index is 0.0791. The zero-order valence-electron chi connectivity index (χ0n) is 14.0. The summed E-state index contributed by atoms with van der Waals surface area (Å²) in [7, 11) is 3.40. The number of imidazole rings is 1. The largest absolute Gasteiger partial charge is 0.383 e. The number of carbonyl (C=O) groups is 1. The lowest BCUT2D eigenvalue weighted by molar-refractivity contribution is 0.0778. The predicted octanol–water partition coefficient (Wildman–Crippen LogP) is 1.15. The molecule has 3 aromatic heterocycles. The van der Waals surface area contributed by atoms with Crippen molar-refractivity contribution in [1.82, 2.24) is 29.0 Å². The van der Waals surface area contributed by atoms with E-state index in [9.17, 15) is 4.79 Å². The van der Waals surface area contributed by atoms with Gasteiger partial charge in [-0.15, -0.1) is 10.2 Å². The molecule has 0 aliphatic heterocycles. The highest BCUT2D eigenvalue weighted by Gasteiger charge is 2.16. The van der Waals surface area contributed by atoms with Crippen molar-refractivity contribution in [3.63, 3.8) is 0 Å². The number of fused-ring (bicyclic) bond motifs is 1. The summed E-state index contributed by atoms with van der Waals surface area (Å²) in [6.07, 6.45) is 5.34. The van der Waals surface area contributed by atoms with Crippen molar-refractivity contribution in [2.45, 2.75) is 20.0 Å². The third-order valence-corrected chi connectivity index (χ3v) is 3.78. The van der Waals surface area contributed by atoms with Crippen LogP contribution in [0.25, 0.3) is 5.65 Å². The van der Waals surface area contributed by atoms with Gasteiger partial charge in [-0.1, -0.05) is 0 Å². The van der Waals surface area contributed by atoms with Gasteiger partial charge in [-0.2, -0.15) is 0 Å². The number of carbonyl (C=O) groups excluding carboxylic acids is 1. The highest BCUT2D eigenvalue weighted by Crippen LogP contribution is 2.11. The number of ether oxygens (including phenoxy) is 1. The minimum atomic E-state index is -0.0791. The lowest BCUT2D eigenvalue weighted by Crippen LogP contribution is -2.28. The molecule has 3 rings (SSSR count). The number of nitrogens with zero attached hydrogens (tertiary/aromatic N) is 6. The van der Waals surface area contributed by atoms with Crippen LogP contribution in [0.15, 0.2) is 30.9 Å². The van der Waals surface area contributed by atoms with Crippen molar-refractivity contribution in [2.24, 2.45) is 0 Å². The predicted molar refractivity (Wildman–Crippen MR) is 87.6 cm³/mol. The molecule has 0 aliphatic rings. The second-order valence-electron chi connectivity index (χ2n) is 5.66. The van der Waals surface area contributed by atoms with E-state index in [1.807, 2.05) is 28.2 Å². The Labute approximate surface area is 139 Å². The molecule has 1 amide bonds. The molecular weight excluding hydrogens is 308 g/mol. The fourth-order valence-corrected chi connectivity index (χ4v) is 2.53. The molecule has 126 valence electrons. The summed E-state index contributed by atoms with van der Waals surface area (Å²) in [4.78, 5) is 18.6.